The topological polar surface area (TPSA) is 46.3 Å². The Labute approximate surface area is 119 Å². The second-order valence-electron chi connectivity index (χ2n) is 5.18. The Morgan fingerprint density at radius 2 is 2.11 bits per heavy atom. The van der Waals surface area contributed by atoms with Crippen LogP contribution in [-0.2, 0) is 4.79 Å². The molecule has 1 aliphatic rings. The van der Waals surface area contributed by atoms with Crippen molar-refractivity contribution in [2.24, 2.45) is 11.7 Å². The average molecular weight is 278 g/mol. The first-order valence-corrected chi connectivity index (χ1v) is 7.86. The number of hydrogen-bond donors (Lipinski definition) is 1. The molecule has 1 amide bonds. The number of thioether (sulfide) groups is 1. The van der Waals surface area contributed by atoms with Crippen LogP contribution in [0.15, 0.2) is 35.2 Å². The molecule has 0 spiro atoms. The van der Waals surface area contributed by atoms with Crippen LogP contribution in [0.25, 0.3) is 0 Å². The van der Waals surface area contributed by atoms with E-state index in [2.05, 4.69) is 6.92 Å². The van der Waals surface area contributed by atoms with Gasteiger partial charge in [-0.05, 0) is 44.4 Å². The van der Waals surface area contributed by atoms with Crippen LogP contribution in [0.3, 0.4) is 0 Å². The van der Waals surface area contributed by atoms with Gasteiger partial charge in [-0.2, -0.15) is 0 Å². The highest BCUT2D eigenvalue weighted by molar-refractivity contribution is 8.00. The largest absolute Gasteiger partial charge is 0.339 e. The molecule has 1 fully saturated rings. The molecule has 0 radical (unpaired) electrons. The third-order valence-corrected chi connectivity index (χ3v) is 4.74. The van der Waals surface area contributed by atoms with E-state index >= 15 is 0 Å². The van der Waals surface area contributed by atoms with Crippen LogP contribution in [0.2, 0.25) is 0 Å². The quantitative estimate of drug-likeness (QED) is 0.860. The number of benzene rings is 1. The summed E-state index contributed by atoms with van der Waals surface area (Å²) in [6.07, 6.45) is 2.22. The van der Waals surface area contributed by atoms with Crippen molar-refractivity contribution in [3.63, 3.8) is 0 Å². The van der Waals surface area contributed by atoms with Gasteiger partial charge in [-0.15, -0.1) is 11.8 Å². The van der Waals surface area contributed by atoms with Gasteiger partial charge in [-0.3, -0.25) is 4.79 Å². The molecule has 104 valence electrons. The van der Waals surface area contributed by atoms with Crippen molar-refractivity contribution >= 4 is 17.7 Å². The molecule has 2 N–H and O–H groups in total. The third-order valence-electron chi connectivity index (χ3n) is 3.74. The number of nitrogens with two attached hydrogens (primary N) is 1. The van der Waals surface area contributed by atoms with E-state index < -0.39 is 0 Å². The van der Waals surface area contributed by atoms with Gasteiger partial charge in [0.25, 0.3) is 0 Å². The predicted molar refractivity (Wildman–Crippen MR) is 80.1 cm³/mol. The van der Waals surface area contributed by atoms with Crippen molar-refractivity contribution in [3.8, 4) is 0 Å². The van der Waals surface area contributed by atoms with Crippen LogP contribution >= 0.6 is 11.8 Å². The van der Waals surface area contributed by atoms with E-state index in [1.807, 2.05) is 35.2 Å². The minimum absolute atomic E-state index is 0.236. The molecule has 1 heterocycles. The highest BCUT2D eigenvalue weighted by Crippen LogP contribution is 2.23. The normalized spacial score (nSPS) is 23.4. The summed E-state index contributed by atoms with van der Waals surface area (Å²) < 4.78 is 0. The van der Waals surface area contributed by atoms with E-state index in [9.17, 15) is 4.79 Å². The van der Waals surface area contributed by atoms with Crippen LogP contribution in [0.5, 0.6) is 0 Å². The summed E-state index contributed by atoms with van der Waals surface area (Å²) in [6, 6.07) is 10.4. The highest BCUT2D eigenvalue weighted by Gasteiger charge is 2.27. The monoisotopic (exact) mass is 278 g/mol. The smallest absolute Gasteiger partial charge is 0.233 e. The minimum atomic E-state index is 0.236. The highest BCUT2D eigenvalue weighted by atomic mass is 32.2. The molecule has 1 saturated heterocycles. The molecule has 0 aliphatic carbocycles. The summed E-state index contributed by atoms with van der Waals surface area (Å²) in [7, 11) is 0. The molecule has 2 unspecified atom stereocenters. The number of likely N-dealkylation sites (tertiary alicyclic amines) is 1. The zero-order chi connectivity index (χ0) is 13.7. The number of rotatable bonds is 4. The van der Waals surface area contributed by atoms with Gasteiger partial charge in [0, 0.05) is 17.5 Å². The Morgan fingerprint density at radius 1 is 1.37 bits per heavy atom. The second kappa shape index (κ2) is 6.96. The van der Waals surface area contributed by atoms with E-state index in [-0.39, 0.29) is 5.91 Å². The Morgan fingerprint density at radius 3 is 2.79 bits per heavy atom. The minimum Gasteiger partial charge on any atom is -0.339 e. The van der Waals surface area contributed by atoms with Crippen molar-refractivity contribution in [2.75, 3.05) is 18.8 Å². The lowest BCUT2D eigenvalue weighted by molar-refractivity contribution is -0.132. The van der Waals surface area contributed by atoms with Gasteiger partial charge in [0.2, 0.25) is 5.91 Å². The van der Waals surface area contributed by atoms with E-state index in [1.54, 1.807) is 11.8 Å². The van der Waals surface area contributed by atoms with Gasteiger partial charge < -0.3 is 10.6 Å². The average Bonchev–Trinajstić information content (AvgIpc) is 2.46. The number of carbonyl (C=O) groups is 1. The molecular formula is C15H22N2OS. The molecule has 2 atom stereocenters. The molecule has 1 aromatic carbocycles. The summed E-state index contributed by atoms with van der Waals surface area (Å²) in [5.74, 6) is 1.23. The number of amides is 1. The molecule has 2 rings (SSSR count). The van der Waals surface area contributed by atoms with E-state index in [1.165, 1.54) is 0 Å². The first-order chi connectivity index (χ1) is 9.20. The van der Waals surface area contributed by atoms with Crippen LogP contribution < -0.4 is 5.73 Å². The molecular weight excluding hydrogens is 256 g/mol. The van der Waals surface area contributed by atoms with Crippen molar-refractivity contribution in [1.29, 1.82) is 0 Å². The van der Waals surface area contributed by atoms with Crippen molar-refractivity contribution in [3.05, 3.63) is 30.3 Å². The van der Waals surface area contributed by atoms with Crippen LogP contribution in [-0.4, -0.2) is 35.7 Å². The van der Waals surface area contributed by atoms with Gasteiger partial charge in [0.05, 0.1) is 5.75 Å². The molecule has 19 heavy (non-hydrogen) atoms. The zero-order valence-electron chi connectivity index (χ0n) is 11.4. The van der Waals surface area contributed by atoms with Gasteiger partial charge >= 0.3 is 0 Å². The van der Waals surface area contributed by atoms with Gasteiger partial charge in [-0.1, -0.05) is 18.2 Å². The lowest BCUT2D eigenvalue weighted by Crippen LogP contribution is -2.47. The first kappa shape index (κ1) is 14.4. The summed E-state index contributed by atoms with van der Waals surface area (Å²) in [6.45, 7) is 3.64. The predicted octanol–water partition coefficient (Wildman–Crippen LogP) is 2.36. The number of carbonyl (C=O) groups excluding carboxylic acids is 1. The summed E-state index contributed by atoms with van der Waals surface area (Å²) >= 11 is 1.61. The maximum atomic E-state index is 12.3. The van der Waals surface area contributed by atoms with Crippen LogP contribution in [0.1, 0.15) is 19.8 Å². The summed E-state index contributed by atoms with van der Waals surface area (Å²) in [5.41, 5.74) is 5.73. The second-order valence-corrected chi connectivity index (χ2v) is 6.22. The Bertz CT molecular complexity index is 410. The fourth-order valence-electron chi connectivity index (χ4n) is 2.47. The Balaban J connectivity index is 1.88. The lowest BCUT2D eigenvalue weighted by atomic mass is 9.93. The standard InChI is InChI=1S/C15H22N2OS/c1-12-7-8-13(9-16)10-17(12)15(18)11-19-14-5-3-2-4-6-14/h2-6,12-13H,7-11,16H2,1H3. The Hall–Kier alpha value is -1.00. The van der Waals surface area contributed by atoms with Gasteiger partial charge in [-0.25, -0.2) is 0 Å². The molecule has 0 bridgehead atoms. The molecule has 4 heteroatoms. The number of nitrogens with zero attached hydrogens (tertiary/aromatic N) is 1. The van der Waals surface area contributed by atoms with Gasteiger partial charge in [0.15, 0.2) is 0 Å². The third kappa shape index (κ3) is 3.98. The number of piperidine rings is 1. The summed E-state index contributed by atoms with van der Waals surface area (Å²) in [5, 5.41) is 0. The van der Waals surface area contributed by atoms with Crippen LogP contribution in [0, 0.1) is 5.92 Å². The van der Waals surface area contributed by atoms with E-state index in [0.717, 1.165) is 24.3 Å². The maximum absolute atomic E-state index is 12.3. The van der Waals surface area contributed by atoms with E-state index in [0.29, 0.717) is 24.3 Å². The van der Waals surface area contributed by atoms with Crippen molar-refractivity contribution < 1.29 is 4.79 Å². The fourth-order valence-corrected chi connectivity index (χ4v) is 3.27. The van der Waals surface area contributed by atoms with E-state index in [4.69, 9.17) is 5.73 Å². The summed E-state index contributed by atoms with van der Waals surface area (Å²) in [4.78, 5) is 15.5. The molecule has 1 aromatic rings. The molecule has 0 aromatic heterocycles. The zero-order valence-corrected chi connectivity index (χ0v) is 12.2. The fraction of sp³-hybridized carbons (Fsp3) is 0.533. The van der Waals surface area contributed by atoms with Crippen molar-refractivity contribution in [1.82, 2.24) is 4.90 Å². The van der Waals surface area contributed by atoms with Crippen LogP contribution in [0.4, 0.5) is 0 Å². The lowest BCUT2D eigenvalue weighted by Gasteiger charge is -2.37. The SMILES string of the molecule is CC1CCC(CN)CN1C(=O)CSc1ccccc1. The molecule has 0 saturated carbocycles. The van der Waals surface area contributed by atoms with Gasteiger partial charge in [0.1, 0.15) is 0 Å². The first-order valence-electron chi connectivity index (χ1n) is 6.88. The number of hydrogen-bond acceptors (Lipinski definition) is 3. The maximum Gasteiger partial charge on any atom is 0.233 e. The molecule has 3 nitrogen and oxygen atoms in total. The Kier molecular flexibility index (Phi) is 5.28. The van der Waals surface area contributed by atoms with Crippen molar-refractivity contribution in [2.45, 2.75) is 30.7 Å². The molecule has 1 aliphatic heterocycles.